The highest BCUT2D eigenvalue weighted by molar-refractivity contribution is 7.10. The summed E-state index contributed by atoms with van der Waals surface area (Å²) in [5.41, 5.74) is 4.22. The molecule has 196 valence electrons. The van der Waals surface area contributed by atoms with Crippen molar-refractivity contribution in [1.29, 1.82) is 0 Å². The fourth-order valence-electron chi connectivity index (χ4n) is 5.34. The topological polar surface area (TPSA) is 77.9 Å². The number of aliphatic hydroxyl groups excluding tert-OH is 1. The molecule has 0 saturated carbocycles. The van der Waals surface area contributed by atoms with Gasteiger partial charge in [0.1, 0.15) is 0 Å². The first-order valence-electron chi connectivity index (χ1n) is 13.1. The van der Waals surface area contributed by atoms with E-state index in [2.05, 4.69) is 18.4 Å². The zero-order valence-electron chi connectivity index (χ0n) is 21.9. The Balaban J connectivity index is 1.57. The minimum atomic E-state index is -0.825. The lowest BCUT2D eigenvalue weighted by molar-refractivity contribution is -0.129. The number of ketones is 1. The average molecular weight is 529 g/mol. The number of carbonyl (C=O) groups is 3. The van der Waals surface area contributed by atoms with Gasteiger partial charge in [-0.15, -0.1) is 11.3 Å². The summed E-state index contributed by atoms with van der Waals surface area (Å²) in [6, 6.07) is 16.3. The molecular formula is C31H32N2O4S. The Kier molecular flexibility index (Phi) is 7.21. The standard InChI is InChI=1S/C31H32N2O4S/c1-19(2)29(35)27-28(25-9-5-4-8-22(25)17-26(34)32-14-6-7-15-32)33(31(37)30(27)36)24-12-10-21(11-13-24)23-16-20(3)38-18-23/h4-5,8-13,16,18-19,28,36H,6-7,14-15,17H2,1-3H3. The molecule has 1 aromatic heterocycles. The Morgan fingerprint density at radius 3 is 2.34 bits per heavy atom. The van der Waals surface area contributed by atoms with E-state index < -0.39 is 23.6 Å². The number of anilines is 1. The number of Topliss-reactive ketones (excluding diaryl/α,β-unsaturated/α-hetero) is 1. The molecule has 2 aliphatic rings. The van der Waals surface area contributed by atoms with Crippen molar-refractivity contribution >= 4 is 34.6 Å². The van der Waals surface area contributed by atoms with Crippen LogP contribution in [0, 0.1) is 12.8 Å². The molecule has 5 rings (SSSR count). The number of rotatable bonds is 7. The van der Waals surface area contributed by atoms with Crippen LogP contribution in [0.5, 0.6) is 0 Å². The number of aryl methyl sites for hydroxylation is 1. The molecule has 0 aliphatic carbocycles. The zero-order chi connectivity index (χ0) is 27.0. The lowest BCUT2D eigenvalue weighted by Crippen LogP contribution is -2.33. The lowest BCUT2D eigenvalue weighted by atomic mass is 9.88. The fraction of sp³-hybridized carbons (Fsp3) is 0.323. The summed E-state index contributed by atoms with van der Waals surface area (Å²) < 4.78 is 0. The van der Waals surface area contributed by atoms with Gasteiger partial charge in [-0.25, -0.2) is 0 Å². The van der Waals surface area contributed by atoms with Gasteiger partial charge in [-0.3, -0.25) is 19.3 Å². The van der Waals surface area contributed by atoms with E-state index >= 15 is 0 Å². The van der Waals surface area contributed by atoms with Crippen molar-refractivity contribution in [3.63, 3.8) is 0 Å². The van der Waals surface area contributed by atoms with Crippen LogP contribution in [0.1, 0.15) is 48.7 Å². The van der Waals surface area contributed by atoms with Gasteiger partial charge < -0.3 is 10.0 Å². The molecule has 1 N–H and O–H groups in total. The van der Waals surface area contributed by atoms with Crippen molar-refractivity contribution in [2.75, 3.05) is 18.0 Å². The molecule has 1 fully saturated rings. The van der Waals surface area contributed by atoms with Gasteiger partial charge in [0.2, 0.25) is 5.91 Å². The Labute approximate surface area is 227 Å². The zero-order valence-corrected chi connectivity index (χ0v) is 22.8. The minimum Gasteiger partial charge on any atom is -0.503 e. The maximum atomic E-state index is 13.5. The van der Waals surface area contributed by atoms with E-state index in [1.165, 1.54) is 9.78 Å². The van der Waals surface area contributed by atoms with Gasteiger partial charge in [-0.2, -0.15) is 0 Å². The predicted octanol–water partition coefficient (Wildman–Crippen LogP) is 6.01. The number of carbonyl (C=O) groups excluding carboxylic acids is 3. The third-order valence-corrected chi connectivity index (χ3v) is 8.22. The van der Waals surface area contributed by atoms with Crippen molar-refractivity contribution in [1.82, 2.24) is 4.90 Å². The van der Waals surface area contributed by atoms with Gasteiger partial charge in [0.05, 0.1) is 18.0 Å². The third-order valence-electron chi connectivity index (χ3n) is 7.36. The molecule has 7 heteroatoms. The Bertz CT molecular complexity index is 1410. The van der Waals surface area contributed by atoms with Crippen molar-refractivity contribution in [3.8, 4) is 11.1 Å². The van der Waals surface area contributed by atoms with Crippen LogP contribution in [-0.2, 0) is 20.8 Å². The molecule has 38 heavy (non-hydrogen) atoms. The second kappa shape index (κ2) is 10.6. The second-order valence-corrected chi connectivity index (χ2v) is 11.4. The highest BCUT2D eigenvalue weighted by atomic mass is 32.1. The summed E-state index contributed by atoms with van der Waals surface area (Å²) >= 11 is 1.68. The first kappa shape index (κ1) is 25.9. The second-order valence-electron chi connectivity index (χ2n) is 10.3. The Hall–Kier alpha value is -3.71. The molecule has 2 aromatic carbocycles. The van der Waals surface area contributed by atoms with Gasteiger partial charge >= 0.3 is 0 Å². The summed E-state index contributed by atoms with van der Waals surface area (Å²) in [5, 5.41) is 13.1. The number of benzene rings is 2. The van der Waals surface area contributed by atoms with Gasteiger partial charge in [0.15, 0.2) is 11.5 Å². The molecule has 3 heterocycles. The highest BCUT2D eigenvalue weighted by Crippen LogP contribution is 2.43. The lowest BCUT2D eigenvalue weighted by Gasteiger charge is -2.29. The highest BCUT2D eigenvalue weighted by Gasteiger charge is 2.45. The van der Waals surface area contributed by atoms with E-state index in [9.17, 15) is 19.5 Å². The van der Waals surface area contributed by atoms with Gasteiger partial charge in [0, 0.05) is 29.6 Å². The first-order chi connectivity index (χ1) is 18.3. The van der Waals surface area contributed by atoms with Gasteiger partial charge in [0.25, 0.3) is 5.91 Å². The fourth-order valence-corrected chi connectivity index (χ4v) is 6.05. The van der Waals surface area contributed by atoms with E-state index in [1.54, 1.807) is 25.2 Å². The van der Waals surface area contributed by atoms with Crippen LogP contribution in [-0.4, -0.2) is 40.7 Å². The van der Waals surface area contributed by atoms with Crippen LogP contribution < -0.4 is 4.90 Å². The number of likely N-dealkylation sites (tertiary alicyclic amines) is 1. The number of hydrogen-bond acceptors (Lipinski definition) is 5. The van der Waals surface area contributed by atoms with E-state index in [4.69, 9.17) is 0 Å². The van der Waals surface area contributed by atoms with Crippen molar-refractivity contribution < 1.29 is 19.5 Å². The summed E-state index contributed by atoms with van der Waals surface area (Å²) in [7, 11) is 0. The van der Waals surface area contributed by atoms with Crippen molar-refractivity contribution in [3.05, 3.63) is 87.3 Å². The van der Waals surface area contributed by atoms with Crippen LogP contribution in [0.2, 0.25) is 0 Å². The Morgan fingerprint density at radius 2 is 1.71 bits per heavy atom. The van der Waals surface area contributed by atoms with E-state index in [-0.39, 0.29) is 23.7 Å². The normalized spacial score (nSPS) is 17.7. The maximum Gasteiger partial charge on any atom is 0.294 e. The third kappa shape index (κ3) is 4.78. The first-order valence-corrected chi connectivity index (χ1v) is 14.0. The van der Waals surface area contributed by atoms with Crippen molar-refractivity contribution in [2.45, 2.75) is 46.1 Å². The van der Waals surface area contributed by atoms with E-state index in [0.29, 0.717) is 11.3 Å². The SMILES string of the molecule is Cc1cc(-c2ccc(N3C(=O)C(O)=C(C(=O)C(C)C)C3c3ccccc3CC(=O)N3CCCC3)cc2)cs1. The number of aliphatic hydroxyl groups is 1. The number of thiophene rings is 1. The van der Waals surface area contributed by atoms with Crippen molar-refractivity contribution in [2.24, 2.45) is 5.92 Å². The maximum absolute atomic E-state index is 13.5. The van der Waals surface area contributed by atoms with Crippen LogP contribution in [0.3, 0.4) is 0 Å². The minimum absolute atomic E-state index is 0.0335. The molecule has 0 spiro atoms. The molecule has 1 atom stereocenters. The summed E-state index contributed by atoms with van der Waals surface area (Å²) in [6.45, 7) is 7.08. The molecule has 3 aromatic rings. The molecule has 1 saturated heterocycles. The van der Waals surface area contributed by atoms with Crippen LogP contribution >= 0.6 is 11.3 Å². The van der Waals surface area contributed by atoms with Crippen LogP contribution in [0.25, 0.3) is 11.1 Å². The molecular weight excluding hydrogens is 496 g/mol. The van der Waals surface area contributed by atoms with E-state index in [0.717, 1.165) is 42.6 Å². The van der Waals surface area contributed by atoms with Gasteiger partial charge in [-0.05, 0) is 65.6 Å². The number of nitrogens with zero attached hydrogens (tertiary/aromatic N) is 2. The molecule has 0 bridgehead atoms. The molecule has 0 radical (unpaired) electrons. The van der Waals surface area contributed by atoms with Crippen LogP contribution in [0.15, 0.2) is 71.3 Å². The molecule has 6 nitrogen and oxygen atoms in total. The largest absolute Gasteiger partial charge is 0.503 e. The van der Waals surface area contributed by atoms with Crippen LogP contribution in [0.4, 0.5) is 5.69 Å². The summed E-state index contributed by atoms with van der Waals surface area (Å²) in [5.74, 6) is -1.80. The Morgan fingerprint density at radius 1 is 1.03 bits per heavy atom. The van der Waals surface area contributed by atoms with E-state index in [1.807, 2.05) is 53.4 Å². The smallest absolute Gasteiger partial charge is 0.294 e. The monoisotopic (exact) mass is 528 g/mol. The molecule has 1 unspecified atom stereocenters. The average Bonchev–Trinajstić information content (AvgIpc) is 3.65. The quantitative estimate of drug-likeness (QED) is 0.407. The number of hydrogen-bond donors (Lipinski definition) is 1. The summed E-state index contributed by atoms with van der Waals surface area (Å²) in [6.07, 6.45) is 2.18. The molecule has 2 aliphatic heterocycles. The summed E-state index contributed by atoms with van der Waals surface area (Å²) in [4.78, 5) is 44.5. The molecule has 2 amide bonds. The van der Waals surface area contributed by atoms with Gasteiger partial charge in [-0.1, -0.05) is 50.2 Å². The number of amides is 2. The predicted molar refractivity (Wildman–Crippen MR) is 150 cm³/mol.